The monoisotopic (exact) mass is 285 g/mol. The molecule has 0 aliphatic rings. The van der Waals surface area contributed by atoms with E-state index in [0.29, 0.717) is 18.4 Å². The van der Waals surface area contributed by atoms with Gasteiger partial charge in [0.1, 0.15) is 5.82 Å². The van der Waals surface area contributed by atoms with Crippen LogP contribution in [0, 0.1) is 0 Å². The van der Waals surface area contributed by atoms with Gasteiger partial charge in [0.2, 0.25) is 0 Å². The molecular formula is C14H24ClN3O. The normalized spacial score (nSPS) is 12.8. The molecule has 1 aromatic heterocycles. The van der Waals surface area contributed by atoms with E-state index in [1.165, 1.54) is 0 Å². The first-order valence-electron chi connectivity index (χ1n) is 6.72. The minimum Gasteiger partial charge on any atom is -0.383 e. The molecule has 0 spiro atoms. The first kappa shape index (κ1) is 16.2. The van der Waals surface area contributed by atoms with Crippen LogP contribution in [0.25, 0.3) is 0 Å². The van der Waals surface area contributed by atoms with Crippen molar-refractivity contribution in [3.05, 3.63) is 17.7 Å². The van der Waals surface area contributed by atoms with Crippen molar-refractivity contribution >= 4 is 17.3 Å². The summed E-state index contributed by atoms with van der Waals surface area (Å²) in [5.74, 6) is 1.55. The van der Waals surface area contributed by atoms with Gasteiger partial charge in [-0.3, -0.25) is 0 Å². The second-order valence-electron chi connectivity index (χ2n) is 4.94. The van der Waals surface area contributed by atoms with Crippen LogP contribution < -0.4 is 4.90 Å². The fourth-order valence-electron chi connectivity index (χ4n) is 2.09. The Labute approximate surface area is 121 Å². The Morgan fingerprint density at radius 1 is 1.37 bits per heavy atom. The third kappa shape index (κ3) is 4.05. The molecule has 0 aliphatic heterocycles. The minimum atomic E-state index is 0.269. The summed E-state index contributed by atoms with van der Waals surface area (Å²) in [5, 5.41) is 0. The molecular weight excluding hydrogens is 262 g/mol. The SMILES string of the molecule is CCN(c1cnc(C(C)C)nc1CCl)C(C)COC. The fourth-order valence-corrected chi connectivity index (χ4v) is 2.29. The van der Waals surface area contributed by atoms with Gasteiger partial charge in [0.15, 0.2) is 0 Å². The van der Waals surface area contributed by atoms with Crippen LogP contribution in [0.5, 0.6) is 0 Å². The topological polar surface area (TPSA) is 38.2 Å². The number of rotatable bonds is 7. The lowest BCUT2D eigenvalue weighted by Gasteiger charge is -2.30. The molecule has 19 heavy (non-hydrogen) atoms. The molecule has 0 radical (unpaired) electrons. The summed E-state index contributed by atoms with van der Waals surface area (Å²) >= 11 is 6.04. The standard InChI is InChI=1S/C14H24ClN3O/c1-6-18(11(4)9-19-5)13-8-16-14(10(2)3)17-12(13)7-15/h8,10-11H,6-7,9H2,1-5H3. The van der Waals surface area contributed by atoms with Crippen LogP contribution in [0.1, 0.15) is 45.1 Å². The zero-order valence-electron chi connectivity index (χ0n) is 12.5. The average Bonchev–Trinajstić information content (AvgIpc) is 2.40. The molecule has 1 aromatic rings. The number of halogens is 1. The highest BCUT2D eigenvalue weighted by atomic mass is 35.5. The van der Waals surface area contributed by atoms with Gasteiger partial charge < -0.3 is 9.64 Å². The molecule has 1 unspecified atom stereocenters. The van der Waals surface area contributed by atoms with Crippen molar-refractivity contribution in [2.45, 2.75) is 45.5 Å². The third-order valence-electron chi connectivity index (χ3n) is 3.10. The van der Waals surface area contributed by atoms with Crippen molar-refractivity contribution in [1.82, 2.24) is 9.97 Å². The summed E-state index contributed by atoms with van der Waals surface area (Å²) in [7, 11) is 1.71. The van der Waals surface area contributed by atoms with Crippen molar-refractivity contribution in [3.63, 3.8) is 0 Å². The maximum Gasteiger partial charge on any atom is 0.131 e. The molecule has 0 amide bonds. The molecule has 0 aliphatic carbocycles. The van der Waals surface area contributed by atoms with Gasteiger partial charge in [0.25, 0.3) is 0 Å². The zero-order valence-corrected chi connectivity index (χ0v) is 13.2. The fraction of sp³-hybridized carbons (Fsp3) is 0.714. The lowest BCUT2D eigenvalue weighted by molar-refractivity contribution is 0.182. The van der Waals surface area contributed by atoms with Crippen molar-refractivity contribution in [1.29, 1.82) is 0 Å². The van der Waals surface area contributed by atoms with E-state index < -0.39 is 0 Å². The summed E-state index contributed by atoms with van der Waals surface area (Å²) < 4.78 is 5.23. The lowest BCUT2D eigenvalue weighted by atomic mass is 10.2. The van der Waals surface area contributed by atoms with E-state index in [-0.39, 0.29) is 6.04 Å². The molecule has 0 saturated carbocycles. The predicted molar refractivity (Wildman–Crippen MR) is 80.0 cm³/mol. The summed E-state index contributed by atoms with van der Waals surface area (Å²) in [6.07, 6.45) is 1.88. The smallest absolute Gasteiger partial charge is 0.131 e. The summed E-state index contributed by atoms with van der Waals surface area (Å²) in [5.41, 5.74) is 1.90. The van der Waals surface area contributed by atoms with Crippen LogP contribution >= 0.6 is 11.6 Å². The third-order valence-corrected chi connectivity index (χ3v) is 3.35. The van der Waals surface area contributed by atoms with Crippen LogP contribution in [-0.2, 0) is 10.6 Å². The van der Waals surface area contributed by atoms with Gasteiger partial charge in [-0.1, -0.05) is 13.8 Å². The molecule has 0 fully saturated rings. The molecule has 1 heterocycles. The number of hydrogen-bond donors (Lipinski definition) is 0. The Hall–Kier alpha value is -0.870. The number of anilines is 1. The largest absolute Gasteiger partial charge is 0.383 e. The summed E-state index contributed by atoms with van der Waals surface area (Å²) in [4.78, 5) is 11.2. The summed E-state index contributed by atoms with van der Waals surface area (Å²) in [6.45, 7) is 9.94. The molecule has 5 heteroatoms. The van der Waals surface area contributed by atoms with Crippen LogP contribution in [0.4, 0.5) is 5.69 Å². The Balaban J connectivity index is 3.09. The van der Waals surface area contributed by atoms with Crippen LogP contribution in [0.3, 0.4) is 0 Å². The molecule has 4 nitrogen and oxygen atoms in total. The van der Waals surface area contributed by atoms with E-state index in [4.69, 9.17) is 16.3 Å². The van der Waals surface area contributed by atoms with Crippen LogP contribution in [0.15, 0.2) is 6.20 Å². The Morgan fingerprint density at radius 3 is 2.53 bits per heavy atom. The van der Waals surface area contributed by atoms with E-state index in [1.807, 2.05) is 6.20 Å². The van der Waals surface area contributed by atoms with Crippen molar-refractivity contribution in [2.75, 3.05) is 25.2 Å². The van der Waals surface area contributed by atoms with E-state index in [1.54, 1.807) is 7.11 Å². The van der Waals surface area contributed by atoms with Gasteiger partial charge in [-0.25, -0.2) is 9.97 Å². The Kier molecular flexibility index (Phi) is 6.52. The highest BCUT2D eigenvalue weighted by molar-refractivity contribution is 6.17. The first-order valence-corrected chi connectivity index (χ1v) is 7.25. The number of methoxy groups -OCH3 is 1. The minimum absolute atomic E-state index is 0.269. The van der Waals surface area contributed by atoms with Gasteiger partial charge in [-0.15, -0.1) is 11.6 Å². The van der Waals surface area contributed by atoms with Gasteiger partial charge in [-0.05, 0) is 13.8 Å². The second-order valence-corrected chi connectivity index (χ2v) is 5.21. The quantitative estimate of drug-likeness (QED) is 0.721. The number of likely N-dealkylation sites (N-methyl/N-ethyl adjacent to an activating group) is 1. The highest BCUT2D eigenvalue weighted by Gasteiger charge is 2.18. The van der Waals surface area contributed by atoms with Crippen molar-refractivity contribution < 1.29 is 4.74 Å². The first-order chi connectivity index (χ1) is 9.04. The van der Waals surface area contributed by atoms with Gasteiger partial charge >= 0.3 is 0 Å². The Bertz CT molecular complexity index is 398. The van der Waals surface area contributed by atoms with Gasteiger partial charge in [0, 0.05) is 25.6 Å². The predicted octanol–water partition coefficient (Wildman–Crippen LogP) is 3.20. The average molecular weight is 286 g/mol. The lowest BCUT2D eigenvalue weighted by Crippen LogP contribution is -2.37. The number of alkyl halides is 1. The number of ether oxygens (including phenoxy) is 1. The maximum absolute atomic E-state index is 6.04. The van der Waals surface area contributed by atoms with E-state index in [2.05, 4.69) is 42.6 Å². The molecule has 0 bridgehead atoms. The second kappa shape index (κ2) is 7.65. The molecule has 108 valence electrons. The number of aromatic nitrogens is 2. The van der Waals surface area contributed by atoms with Gasteiger partial charge in [-0.2, -0.15) is 0 Å². The molecule has 0 N–H and O–H groups in total. The number of nitrogens with zero attached hydrogens (tertiary/aromatic N) is 3. The summed E-state index contributed by atoms with van der Waals surface area (Å²) in [6, 6.07) is 0.269. The van der Waals surface area contributed by atoms with Crippen LogP contribution in [-0.4, -0.2) is 36.3 Å². The van der Waals surface area contributed by atoms with E-state index in [0.717, 1.165) is 23.8 Å². The van der Waals surface area contributed by atoms with Crippen molar-refractivity contribution in [3.8, 4) is 0 Å². The van der Waals surface area contributed by atoms with E-state index >= 15 is 0 Å². The molecule has 1 rings (SSSR count). The van der Waals surface area contributed by atoms with Crippen molar-refractivity contribution in [2.24, 2.45) is 0 Å². The highest BCUT2D eigenvalue weighted by Crippen LogP contribution is 2.23. The molecule has 1 atom stereocenters. The maximum atomic E-state index is 6.04. The zero-order chi connectivity index (χ0) is 14.4. The Morgan fingerprint density at radius 2 is 2.05 bits per heavy atom. The van der Waals surface area contributed by atoms with Gasteiger partial charge in [0.05, 0.1) is 30.1 Å². The van der Waals surface area contributed by atoms with E-state index in [9.17, 15) is 0 Å². The number of hydrogen-bond acceptors (Lipinski definition) is 4. The molecule has 0 saturated heterocycles. The molecule has 0 aromatic carbocycles. The van der Waals surface area contributed by atoms with Crippen LogP contribution in [0.2, 0.25) is 0 Å².